The number of ether oxygens (including phenoxy) is 2. The van der Waals surface area contributed by atoms with E-state index in [1.165, 1.54) is 23.2 Å². The van der Waals surface area contributed by atoms with Crippen LogP contribution in [0.1, 0.15) is 91.7 Å². The number of hydrogen-bond donors (Lipinski definition) is 2. The molecule has 0 aromatic heterocycles. The molecule has 2 aliphatic rings. The quantitative estimate of drug-likeness (QED) is 0.114. The number of ketones is 1. The molecule has 2 aromatic rings. The molecule has 15 heteroatoms. The number of carbonyl (C=O) groups excluding carboxylic acids is 4. The molecule has 1 aliphatic heterocycles. The molecule has 0 saturated heterocycles. The molecule has 1 heterocycles. The number of hydrazone groups is 1. The van der Waals surface area contributed by atoms with Gasteiger partial charge in [-0.1, -0.05) is 71.2 Å². The Labute approximate surface area is 356 Å². The first-order valence-corrected chi connectivity index (χ1v) is 20.2. The minimum Gasteiger partial charge on any atom is -0.506 e. The minimum absolute atomic E-state index is 0.0255. The van der Waals surface area contributed by atoms with Crippen LogP contribution in [0.4, 0.5) is 11.4 Å². The zero-order valence-corrected chi connectivity index (χ0v) is 35.6. The second-order valence-corrected chi connectivity index (χ2v) is 15.2. The van der Waals surface area contributed by atoms with E-state index < -0.39 is 28.8 Å². The molecular formula is C46H50N8O7. The van der Waals surface area contributed by atoms with Crippen LogP contribution in [0.5, 0.6) is 0 Å². The Morgan fingerprint density at radius 3 is 2.28 bits per heavy atom. The van der Waals surface area contributed by atoms with Gasteiger partial charge in [-0.2, -0.15) is 0 Å². The third-order valence-electron chi connectivity index (χ3n) is 10.2. The van der Waals surface area contributed by atoms with Gasteiger partial charge in [0.15, 0.2) is 0 Å². The van der Waals surface area contributed by atoms with E-state index in [2.05, 4.69) is 27.0 Å². The maximum Gasteiger partial charge on any atom is 0.306 e. The van der Waals surface area contributed by atoms with E-state index in [9.17, 15) is 34.8 Å². The number of likely N-dealkylation sites (N-methyl/N-ethyl adjacent to an activating group) is 1. The van der Waals surface area contributed by atoms with Crippen LogP contribution in [0.15, 0.2) is 58.4 Å². The highest BCUT2D eigenvalue weighted by Gasteiger charge is 2.46. The van der Waals surface area contributed by atoms with E-state index in [4.69, 9.17) is 22.6 Å². The monoisotopic (exact) mass is 826 g/mol. The van der Waals surface area contributed by atoms with Gasteiger partial charge in [0.05, 0.1) is 61.3 Å². The summed E-state index contributed by atoms with van der Waals surface area (Å²) < 4.78 is 11.3. The molecule has 0 saturated carbocycles. The van der Waals surface area contributed by atoms with E-state index >= 15 is 0 Å². The van der Waals surface area contributed by atoms with Crippen LogP contribution in [0.2, 0.25) is 0 Å². The molecule has 1 atom stereocenters. The predicted molar refractivity (Wildman–Crippen MR) is 230 cm³/mol. The van der Waals surface area contributed by atoms with Crippen molar-refractivity contribution >= 4 is 57.8 Å². The van der Waals surface area contributed by atoms with Crippen LogP contribution in [-0.2, 0) is 35.1 Å². The van der Waals surface area contributed by atoms with Crippen LogP contribution in [0, 0.1) is 41.2 Å². The van der Waals surface area contributed by atoms with Crippen molar-refractivity contribution in [2.45, 2.75) is 93.0 Å². The Morgan fingerprint density at radius 1 is 1.00 bits per heavy atom. The van der Waals surface area contributed by atoms with Gasteiger partial charge in [-0.15, -0.1) is 5.10 Å². The predicted octanol–water partition coefficient (Wildman–Crippen LogP) is 6.09. The summed E-state index contributed by atoms with van der Waals surface area (Å²) in [6.07, 6.45) is 3.14. The molecule has 61 heavy (non-hydrogen) atoms. The molecule has 0 fully saturated rings. The van der Waals surface area contributed by atoms with Gasteiger partial charge < -0.3 is 24.8 Å². The molecule has 1 aliphatic carbocycles. The number of aryl methyl sites for hydroxylation is 1. The summed E-state index contributed by atoms with van der Waals surface area (Å²) in [6, 6.07) is 12.9. The number of carbonyl (C=O) groups is 4. The topological polar surface area (TPSA) is 194 Å². The summed E-state index contributed by atoms with van der Waals surface area (Å²) in [6.45, 7) is 28.4. The average molecular weight is 827 g/mol. The lowest BCUT2D eigenvalue weighted by Crippen LogP contribution is -2.35. The number of nitrogens with one attached hydrogen (secondary N) is 1. The SMILES string of the molecule is [C-]#[N+]/C(C#N)=c1/cc/c(=C(\C#N)[N+]#[C-])c(CCC(=O)OCCN(CC)c2ccc(C3=C(O)C(=C4C(=O)N(C(CC)CCCC)N=C4OCC)C3=O)c(NC(=O)C(C)(C)C)c2)c1. The van der Waals surface area contributed by atoms with Gasteiger partial charge in [-0.25, -0.2) is 25.2 Å². The smallest absolute Gasteiger partial charge is 0.306 e. The maximum absolute atomic E-state index is 14.0. The first kappa shape index (κ1) is 46.5. The molecular weight excluding hydrogens is 777 g/mol. The number of Topliss-reactive ketones (excluding diaryl/α,β-unsaturated/α-hetero) is 1. The van der Waals surface area contributed by atoms with E-state index in [1.807, 2.05) is 30.9 Å². The van der Waals surface area contributed by atoms with Crippen LogP contribution in [-0.4, -0.2) is 71.9 Å². The van der Waals surface area contributed by atoms with Crippen molar-refractivity contribution in [2.75, 3.05) is 36.5 Å². The molecule has 2 aromatic carbocycles. The highest BCUT2D eigenvalue weighted by atomic mass is 16.5. The van der Waals surface area contributed by atoms with Gasteiger partial charge in [0.25, 0.3) is 17.3 Å². The van der Waals surface area contributed by atoms with Crippen LogP contribution in [0.25, 0.3) is 26.7 Å². The lowest BCUT2D eigenvalue weighted by molar-refractivity contribution is -0.143. The fourth-order valence-corrected chi connectivity index (χ4v) is 6.81. The van der Waals surface area contributed by atoms with Crippen molar-refractivity contribution in [3.63, 3.8) is 0 Å². The number of esters is 1. The Hall–Kier alpha value is -7.23. The first-order chi connectivity index (χ1) is 29.1. The van der Waals surface area contributed by atoms with Crippen LogP contribution >= 0.6 is 0 Å². The number of unbranched alkanes of at least 4 members (excludes halogenated alkanes) is 1. The summed E-state index contributed by atoms with van der Waals surface area (Å²) in [4.78, 5) is 62.5. The van der Waals surface area contributed by atoms with E-state index in [0.29, 0.717) is 41.1 Å². The Kier molecular flexibility index (Phi) is 15.7. The number of nitriles is 2. The highest BCUT2D eigenvalue weighted by molar-refractivity contribution is 6.44. The fourth-order valence-electron chi connectivity index (χ4n) is 6.81. The number of aliphatic hydroxyl groups is 1. The highest BCUT2D eigenvalue weighted by Crippen LogP contribution is 2.43. The van der Waals surface area contributed by atoms with Gasteiger partial charge in [0, 0.05) is 29.6 Å². The maximum atomic E-state index is 14.0. The van der Waals surface area contributed by atoms with Gasteiger partial charge in [-0.05, 0) is 61.7 Å². The number of benzene rings is 2. The zero-order valence-electron chi connectivity index (χ0n) is 35.6. The van der Waals surface area contributed by atoms with Gasteiger partial charge in [0.2, 0.25) is 17.6 Å². The van der Waals surface area contributed by atoms with E-state index in [-0.39, 0.29) is 89.8 Å². The van der Waals surface area contributed by atoms with Gasteiger partial charge >= 0.3 is 5.97 Å². The van der Waals surface area contributed by atoms with Crippen molar-refractivity contribution in [3.05, 3.63) is 97.7 Å². The lowest BCUT2D eigenvalue weighted by atomic mass is 9.79. The first-order valence-electron chi connectivity index (χ1n) is 20.2. The summed E-state index contributed by atoms with van der Waals surface area (Å²) in [5.41, 5.74) is 0.0163. The minimum atomic E-state index is -0.825. The normalized spacial score (nSPS) is 16.2. The average Bonchev–Trinajstić information content (AvgIpc) is 3.54. The van der Waals surface area contributed by atoms with Gasteiger partial charge in [-0.3, -0.25) is 19.2 Å². The number of rotatable bonds is 16. The van der Waals surface area contributed by atoms with Crippen LogP contribution < -0.4 is 20.7 Å². The largest absolute Gasteiger partial charge is 0.506 e. The fraction of sp³-hybridized carbons (Fsp3) is 0.413. The van der Waals surface area contributed by atoms with E-state index in [0.717, 1.165) is 12.8 Å². The van der Waals surface area contributed by atoms with Crippen LogP contribution in [0.3, 0.4) is 0 Å². The van der Waals surface area contributed by atoms with Crippen molar-refractivity contribution in [1.82, 2.24) is 5.01 Å². The van der Waals surface area contributed by atoms with Crippen molar-refractivity contribution in [1.29, 1.82) is 10.5 Å². The molecule has 2 N–H and O–H groups in total. The molecule has 0 radical (unpaired) electrons. The van der Waals surface area contributed by atoms with Crippen molar-refractivity contribution < 1.29 is 33.8 Å². The molecule has 4 rings (SSSR count). The second kappa shape index (κ2) is 20.6. The third-order valence-corrected chi connectivity index (χ3v) is 10.2. The zero-order chi connectivity index (χ0) is 45.0. The molecule has 1 unspecified atom stereocenters. The Morgan fingerprint density at radius 2 is 1.70 bits per heavy atom. The number of allylic oxidation sites excluding steroid dienone is 2. The number of amides is 2. The molecule has 0 bridgehead atoms. The number of hydrogen-bond acceptors (Lipinski definition) is 11. The summed E-state index contributed by atoms with van der Waals surface area (Å²) >= 11 is 0. The third kappa shape index (κ3) is 10.3. The lowest BCUT2D eigenvalue weighted by Gasteiger charge is -2.28. The molecule has 15 nitrogen and oxygen atoms in total. The molecule has 2 amide bonds. The molecule has 316 valence electrons. The standard InChI is InChI=1S/C46H50N8O7/c1-10-14-15-30(11-2)54-44(58)40(43(52-54)60-13-4)39-41(56)38(42(39)57)33-20-18-31(25-34(33)51-45(59)46(5,6)7)53(12-3)22-23-61-37(55)21-17-28-24-29(35(26-47)49-8)16-19-32(28)36(27-48)50-9/h16,18-20,24-25,30,56H,10-15,17,21-23H2,1-7H3,(H,51,59)/b35-29-,36-32-,40-39?. The van der Waals surface area contributed by atoms with E-state index in [1.54, 1.807) is 45.9 Å². The van der Waals surface area contributed by atoms with Crippen molar-refractivity contribution in [2.24, 2.45) is 10.5 Å². The Bertz CT molecular complexity index is 2470. The van der Waals surface area contributed by atoms with Gasteiger partial charge in [0.1, 0.15) is 17.9 Å². The molecule has 0 spiro atoms. The summed E-state index contributed by atoms with van der Waals surface area (Å²) in [5.74, 6) is -2.46. The number of aliphatic hydroxyl groups excluding tert-OH is 1. The Balaban J connectivity index is 1.61. The second-order valence-electron chi connectivity index (χ2n) is 15.2. The summed E-state index contributed by atoms with van der Waals surface area (Å²) in [5, 5.41) is 39.7. The van der Waals surface area contributed by atoms with Crippen molar-refractivity contribution in [3.8, 4) is 12.1 Å². The number of nitrogens with zero attached hydrogens (tertiary/aromatic N) is 7. The number of anilines is 2. The summed E-state index contributed by atoms with van der Waals surface area (Å²) in [7, 11) is 0.